The fraction of sp³-hybridized carbons (Fsp3) is 0.486. The van der Waals surface area contributed by atoms with Crippen molar-refractivity contribution in [1.82, 2.24) is 9.97 Å². The fourth-order valence-electron chi connectivity index (χ4n) is 4.37. The first kappa shape index (κ1) is 47.1. The molecule has 0 saturated heterocycles. The Morgan fingerprint density at radius 2 is 1.27 bits per heavy atom. The van der Waals surface area contributed by atoms with Gasteiger partial charge in [-0.2, -0.15) is 0 Å². The lowest BCUT2D eigenvalue weighted by Gasteiger charge is -2.03. The Hall–Kier alpha value is -3.88. The summed E-state index contributed by atoms with van der Waals surface area (Å²) in [4.78, 5) is 25.4. The van der Waals surface area contributed by atoms with Crippen molar-refractivity contribution in [3.8, 4) is 11.5 Å². The molecule has 0 saturated carbocycles. The highest BCUT2D eigenvalue weighted by Crippen LogP contribution is 2.31. The normalized spacial score (nSPS) is 9.16. The van der Waals surface area contributed by atoms with E-state index in [1.807, 2.05) is 33.8 Å². The van der Waals surface area contributed by atoms with Gasteiger partial charge in [0.2, 0.25) is 0 Å². The molecule has 4 aromatic rings. The molecule has 44 heavy (non-hydrogen) atoms. The molecule has 0 aliphatic heterocycles. The number of H-pyrrole nitrogens is 2. The Balaban J connectivity index is -0.000000262. The van der Waals surface area contributed by atoms with Crippen molar-refractivity contribution in [1.29, 1.82) is 0 Å². The van der Waals surface area contributed by atoms with Crippen molar-refractivity contribution in [2.45, 2.75) is 104 Å². The van der Waals surface area contributed by atoms with Gasteiger partial charge in [-0.3, -0.25) is 4.79 Å². The zero-order valence-corrected chi connectivity index (χ0v) is 25.0. The molecule has 4 rings (SSSR count). The largest absolute Gasteiger partial charge is 0.494 e. The Bertz CT molecular complexity index is 1420. The molecule has 252 valence electrons. The number of ether oxygens (including phenoxy) is 2. The van der Waals surface area contributed by atoms with E-state index in [1.54, 1.807) is 19.1 Å². The summed E-state index contributed by atoms with van der Waals surface area (Å²) in [5, 5.41) is 9.13. The third-order valence-electron chi connectivity index (χ3n) is 6.10. The van der Waals surface area contributed by atoms with Crippen LogP contribution >= 0.6 is 0 Å². The molecule has 0 spiro atoms. The molecular weight excluding hydrogens is 566 g/mol. The number of aliphatic carboxylic acids is 1. The van der Waals surface area contributed by atoms with Crippen LogP contribution in [0.15, 0.2) is 24.3 Å². The molecular formula is C35H58F2N2O5. The lowest BCUT2D eigenvalue weighted by atomic mass is 10.1. The number of carbonyl (C=O) groups excluding carboxylic acids is 1. The van der Waals surface area contributed by atoms with Crippen LogP contribution in [0, 0.1) is 25.5 Å². The molecule has 0 aliphatic carbocycles. The SMILES string of the molecule is C.C.C.C.CC(=O)O.CCCC(C)=O.CCc1c(C)[nH]c2cc(F)c(OC)cc12.CCc1c(C)[nH]c2ccc(OC)c(F)c12. The van der Waals surface area contributed by atoms with Crippen LogP contribution in [0.1, 0.15) is 99.7 Å². The maximum Gasteiger partial charge on any atom is 0.300 e. The second kappa shape index (κ2) is 22.6. The van der Waals surface area contributed by atoms with E-state index in [9.17, 15) is 13.6 Å². The number of ketones is 1. The average Bonchev–Trinajstić information content (AvgIpc) is 3.38. The van der Waals surface area contributed by atoms with Gasteiger partial charge in [0.1, 0.15) is 5.78 Å². The number of carboxylic acids is 1. The van der Waals surface area contributed by atoms with E-state index >= 15 is 0 Å². The minimum atomic E-state index is -0.833. The molecule has 2 aromatic carbocycles. The molecule has 0 amide bonds. The van der Waals surface area contributed by atoms with E-state index in [4.69, 9.17) is 19.4 Å². The van der Waals surface area contributed by atoms with Crippen LogP contribution < -0.4 is 9.47 Å². The first-order valence-electron chi connectivity index (χ1n) is 13.2. The highest BCUT2D eigenvalue weighted by Gasteiger charge is 2.15. The zero-order chi connectivity index (χ0) is 30.6. The van der Waals surface area contributed by atoms with Crippen LogP contribution in [0.4, 0.5) is 8.78 Å². The van der Waals surface area contributed by atoms with Crippen molar-refractivity contribution in [3.05, 3.63) is 58.4 Å². The summed E-state index contributed by atoms with van der Waals surface area (Å²) < 4.78 is 37.4. The van der Waals surface area contributed by atoms with Gasteiger partial charge in [-0.05, 0) is 69.4 Å². The maximum atomic E-state index is 14.0. The standard InChI is InChI=1S/2C12H14FNO.C5H10O.C2H4O2.4CH4/c1-4-8-7(2)14-11-6-10(13)12(15-3)5-9(8)11;1-4-8-7(2)14-9-5-6-10(15-3)12(13)11(8)9;1-3-4-5(2)6;1-2(3)4;;;;/h2*5-6,14H,4H2,1-3H3;3-4H2,1-2H3;1H3,(H,3,4);4*1H4. The van der Waals surface area contributed by atoms with Gasteiger partial charge in [0.25, 0.3) is 5.97 Å². The molecule has 0 aliphatic rings. The summed E-state index contributed by atoms with van der Waals surface area (Å²) in [5.41, 5.74) is 6.05. The van der Waals surface area contributed by atoms with Gasteiger partial charge in [0.05, 0.1) is 14.2 Å². The maximum absolute atomic E-state index is 14.0. The van der Waals surface area contributed by atoms with E-state index in [2.05, 4.69) is 16.9 Å². The van der Waals surface area contributed by atoms with Crippen LogP contribution in [0.5, 0.6) is 11.5 Å². The number of aromatic amines is 2. The molecule has 3 N–H and O–H groups in total. The van der Waals surface area contributed by atoms with Crippen LogP contribution in [0.2, 0.25) is 0 Å². The highest BCUT2D eigenvalue weighted by atomic mass is 19.1. The smallest absolute Gasteiger partial charge is 0.300 e. The Morgan fingerprint density at radius 1 is 0.795 bits per heavy atom. The number of hydrogen-bond acceptors (Lipinski definition) is 4. The molecule has 0 unspecified atom stereocenters. The van der Waals surface area contributed by atoms with E-state index < -0.39 is 5.97 Å². The van der Waals surface area contributed by atoms with Gasteiger partial charge in [0, 0.05) is 52.6 Å². The van der Waals surface area contributed by atoms with Crippen molar-refractivity contribution in [2.75, 3.05) is 14.2 Å². The molecule has 0 fully saturated rings. The number of fused-ring (bicyclic) bond motifs is 2. The lowest BCUT2D eigenvalue weighted by Crippen LogP contribution is -1.90. The van der Waals surface area contributed by atoms with E-state index in [-0.39, 0.29) is 47.1 Å². The molecule has 0 bridgehead atoms. The number of Topliss-reactive ketones (excluding diaryl/α,β-unsaturated/α-hetero) is 1. The minimum Gasteiger partial charge on any atom is -0.494 e. The number of carboxylic acid groups (broad SMARTS) is 1. The summed E-state index contributed by atoms with van der Waals surface area (Å²) in [5.74, 6) is -0.532. The Morgan fingerprint density at radius 3 is 1.68 bits per heavy atom. The first-order valence-corrected chi connectivity index (χ1v) is 13.2. The number of halogens is 2. The number of methoxy groups -OCH3 is 2. The van der Waals surface area contributed by atoms with Crippen LogP contribution in [-0.4, -0.2) is 41.0 Å². The van der Waals surface area contributed by atoms with Crippen molar-refractivity contribution in [3.63, 3.8) is 0 Å². The first-order chi connectivity index (χ1) is 18.9. The van der Waals surface area contributed by atoms with Gasteiger partial charge in [-0.15, -0.1) is 0 Å². The number of carbonyl (C=O) groups is 2. The molecule has 2 aromatic heterocycles. The van der Waals surface area contributed by atoms with Gasteiger partial charge >= 0.3 is 0 Å². The zero-order valence-electron chi connectivity index (χ0n) is 25.0. The van der Waals surface area contributed by atoms with E-state index in [0.29, 0.717) is 16.9 Å². The second-order valence-electron chi connectivity index (χ2n) is 9.17. The summed E-state index contributed by atoms with van der Waals surface area (Å²) in [6, 6.07) is 6.74. The predicted octanol–water partition coefficient (Wildman–Crippen LogP) is 10.4. The third kappa shape index (κ3) is 12.8. The number of hydrogen-bond donors (Lipinski definition) is 3. The average molecular weight is 625 g/mol. The molecule has 9 heteroatoms. The van der Waals surface area contributed by atoms with Gasteiger partial charge in [-0.1, -0.05) is 50.5 Å². The topological polar surface area (TPSA) is 104 Å². The number of aromatic nitrogens is 2. The quantitative estimate of drug-likeness (QED) is 0.198. The van der Waals surface area contributed by atoms with Crippen molar-refractivity contribution >= 4 is 33.6 Å². The van der Waals surface area contributed by atoms with Crippen LogP contribution in [-0.2, 0) is 22.4 Å². The van der Waals surface area contributed by atoms with Gasteiger partial charge in [0.15, 0.2) is 23.1 Å². The van der Waals surface area contributed by atoms with Gasteiger partial charge in [-0.25, -0.2) is 8.78 Å². The number of aryl methyl sites for hydroxylation is 4. The van der Waals surface area contributed by atoms with Crippen LogP contribution in [0.25, 0.3) is 21.8 Å². The summed E-state index contributed by atoms with van der Waals surface area (Å²) >= 11 is 0. The van der Waals surface area contributed by atoms with E-state index in [0.717, 1.165) is 66.0 Å². The lowest BCUT2D eigenvalue weighted by molar-refractivity contribution is -0.134. The van der Waals surface area contributed by atoms with Crippen molar-refractivity contribution in [2.24, 2.45) is 0 Å². The third-order valence-corrected chi connectivity index (χ3v) is 6.10. The van der Waals surface area contributed by atoms with Gasteiger partial charge < -0.3 is 29.3 Å². The number of benzene rings is 2. The molecule has 2 heterocycles. The number of nitrogens with one attached hydrogen (secondary N) is 2. The Kier molecular flexibility index (Phi) is 24.2. The molecule has 0 radical (unpaired) electrons. The minimum absolute atomic E-state index is 0. The Labute approximate surface area is 264 Å². The van der Waals surface area contributed by atoms with Crippen molar-refractivity contribution < 1.29 is 33.0 Å². The van der Waals surface area contributed by atoms with Crippen LogP contribution in [0.3, 0.4) is 0 Å². The predicted molar refractivity (Wildman–Crippen MR) is 184 cm³/mol. The molecule has 7 nitrogen and oxygen atoms in total. The highest BCUT2D eigenvalue weighted by molar-refractivity contribution is 5.87. The summed E-state index contributed by atoms with van der Waals surface area (Å²) in [7, 11) is 2.96. The molecule has 0 atom stereocenters. The second-order valence-corrected chi connectivity index (χ2v) is 9.17. The summed E-state index contributed by atoms with van der Waals surface area (Å²) in [6.45, 7) is 12.8. The summed E-state index contributed by atoms with van der Waals surface area (Å²) in [6.07, 6.45) is 3.46. The fourth-order valence-corrected chi connectivity index (χ4v) is 4.37. The number of rotatable bonds is 6. The van der Waals surface area contributed by atoms with E-state index in [1.165, 1.54) is 25.8 Å². The monoisotopic (exact) mass is 624 g/mol.